The molecule has 2 N–H and O–H groups in total. The Balaban J connectivity index is 4.14. The number of hydrogen-bond donors (Lipinski definition) is 2. The van der Waals surface area contributed by atoms with Crippen LogP contribution in [0.15, 0.2) is 0 Å². The van der Waals surface area contributed by atoms with Crippen molar-refractivity contribution in [2.45, 2.75) is 26.7 Å². The highest BCUT2D eigenvalue weighted by Gasteiger charge is 2.21. The van der Waals surface area contributed by atoms with Crippen LogP contribution in [-0.4, -0.2) is 45.1 Å². The molecule has 6 heteroatoms. The summed E-state index contributed by atoms with van der Waals surface area (Å²) in [6.07, 6.45) is 1.48. The van der Waals surface area contributed by atoms with Crippen LogP contribution in [0.25, 0.3) is 0 Å². The highest BCUT2D eigenvalue weighted by molar-refractivity contribution is 7.87. The third-order valence-corrected chi connectivity index (χ3v) is 3.70. The molecule has 0 aromatic heterocycles. The molecule has 0 amide bonds. The Bertz CT molecular complexity index is 273. The van der Waals surface area contributed by atoms with Crippen molar-refractivity contribution in [1.82, 2.24) is 9.03 Å². The lowest BCUT2D eigenvalue weighted by Crippen LogP contribution is -2.40. The number of aliphatic hydroxyl groups is 1. The molecule has 0 rings (SSSR count). The van der Waals surface area contributed by atoms with Crippen LogP contribution in [0.2, 0.25) is 0 Å². The zero-order chi connectivity index (χ0) is 12.1. The predicted octanol–water partition coefficient (Wildman–Crippen LogP) is 0.181. The van der Waals surface area contributed by atoms with Crippen LogP contribution in [0.1, 0.15) is 26.7 Å². The lowest BCUT2D eigenvalue weighted by molar-refractivity contribution is 0.241. The van der Waals surface area contributed by atoms with Gasteiger partial charge in [-0.25, -0.2) is 4.72 Å². The minimum atomic E-state index is -3.34. The van der Waals surface area contributed by atoms with Gasteiger partial charge in [0.1, 0.15) is 0 Å². The summed E-state index contributed by atoms with van der Waals surface area (Å²) in [6, 6.07) is 0. The van der Waals surface area contributed by atoms with E-state index < -0.39 is 10.2 Å². The van der Waals surface area contributed by atoms with E-state index in [4.69, 9.17) is 5.11 Å². The summed E-state index contributed by atoms with van der Waals surface area (Å²) in [5, 5.41) is 8.70. The number of nitrogens with zero attached hydrogens (tertiary/aromatic N) is 1. The Morgan fingerprint density at radius 1 is 1.33 bits per heavy atom. The first kappa shape index (κ1) is 14.8. The Morgan fingerprint density at radius 2 is 1.87 bits per heavy atom. The maximum Gasteiger partial charge on any atom is 0.278 e. The van der Waals surface area contributed by atoms with Crippen molar-refractivity contribution in [2.75, 3.05) is 27.2 Å². The van der Waals surface area contributed by atoms with Gasteiger partial charge in [-0.2, -0.15) is 12.7 Å². The Labute approximate surface area is 92.7 Å². The molecule has 0 aromatic rings. The van der Waals surface area contributed by atoms with Gasteiger partial charge in [0, 0.05) is 27.2 Å². The Morgan fingerprint density at radius 3 is 2.27 bits per heavy atom. The molecule has 0 aromatic carbocycles. The first-order chi connectivity index (χ1) is 6.71. The fraction of sp³-hybridized carbons (Fsp3) is 1.00. The van der Waals surface area contributed by atoms with Crippen LogP contribution in [0, 0.1) is 5.41 Å². The third-order valence-electron chi connectivity index (χ3n) is 2.23. The van der Waals surface area contributed by atoms with Crippen molar-refractivity contribution in [3.63, 3.8) is 0 Å². The molecular formula is C9H22N2O3S. The van der Waals surface area contributed by atoms with Gasteiger partial charge in [0.2, 0.25) is 0 Å². The van der Waals surface area contributed by atoms with Crippen molar-refractivity contribution >= 4 is 10.2 Å². The fourth-order valence-electron chi connectivity index (χ4n) is 1.06. The number of nitrogens with one attached hydrogen (secondary N) is 1. The molecule has 92 valence electrons. The largest absolute Gasteiger partial charge is 0.396 e. The first-order valence-corrected chi connectivity index (χ1v) is 6.43. The minimum Gasteiger partial charge on any atom is -0.396 e. The molecule has 0 spiro atoms. The summed E-state index contributed by atoms with van der Waals surface area (Å²) in [5.41, 5.74) is -0.133. The van der Waals surface area contributed by atoms with Crippen LogP contribution in [-0.2, 0) is 10.2 Å². The second-order valence-electron chi connectivity index (χ2n) is 4.60. The van der Waals surface area contributed by atoms with E-state index in [1.165, 1.54) is 14.1 Å². The van der Waals surface area contributed by atoms with Crippen LogP contribution in [0.5, 0.6) is 0 Å². The second kappa shape index (κ2) is 5.79. The molecule has 0 saturated heterocycles. The highest BCUT2D eigenvalue weighted by Crippen LogP contribution is 2.21. The molecular weight excluding hydrogens is 216 g/mol. The Hall–Kier alpha value is -0.170. The molecule has 0 bridgehead atoms. The van der Waals surface area contributed by atoms with Gasteiger partial charge in [0.15, 0.2) is 0 Å². The van der Waals surface area contributed by atoms with E-state index in [0.29, 0.717) is 13.0 Å². The number of rotatable bonds is 7. The van der Waals surface area contributed by atoms with Crippen molar-refractivity contribution < 1.29 is 13.5 Å². The van der Waals surface area contributed by atoms with Gasteiger partial charge in [-0.15, -0.1) is 0 Å². The van der Waals surface area contributed by atoms with Crippen LogP contribution < -0.4 is 4.72 Å². The van der Waals surface area contributed by atoms with Gasteiger partial charge in [-0.1, -0.05) is 13.8 Å². The van der Waals surface area contributed by atoms with Crippen LogP contribution in [0.3, 0.4) is 0 Å². The van der Waals surface area contributed by atoms with E-state index in [2.05, 4.69) is 4.72 Å². The molecule has 0 aliphatic heterocycles. The molecule has 0 heterocycles. The SMILES string of the molecule is CN(C)S(=O)(=O)NCC(C)(C)CCCO. The standard InChI is InChI=1S/C9H22N2O3S/c1-9(2,6-5-7-12)8-10-15(13,14)11(3)4/h10,12H,5-8H2,1-4H3. The van der Waals surface area contributed by atoms with Gasteiger partial charge >= 0.3 is 0 Å². The van der Waals surface area contributed by atoms with Crippen LogP contribution in [0.4, 0.5) is 0 Å². The fourth-order valence-corrected chi connectivity index (χ4v) is 1.89. The van der Waals surface area contributed by atoms with E-state index in [-0.39, 0.29) is 12.0 Å². The number of hydrogen-bond acceptors (Lipinski definition) is 3. The van der Waals surface area contributed by atoms with Gasteiger partial charge in [-0.05, 0) is 18.3 Å². The summed E-state index contributed by atoms with van der Waals surface area (Å²) in [7, 11) is -0.357. The number of aliphatic hydroxyl groups excluding tert-OH is 1. The Kier molecular flexibility index (Phi) is 5.72. The summed E-state index contributed by atoms with van der Waals surface area (Å²) in [4.78, 5) is 0. The molecule has 0 unspecified atom stereocenters. The molecule has 5 nitrogen and oxygen atoms in total. The van der Waals surface area contributed by atoms with E-state index in [1.54, 1.807) is 0 Å². The third kappa shape index (κ3) is 6.09. The highest BCUT2D eigenvalue weighted by atomic mass is 32.2. The average molecular weight is 238 g/mol. The first-order valence-electron chi connectivity index (χ1n) is 4.99. The quantitative estimate of drug-likeness (QED) is 0.665. The van der Waals surface area contributed by atoms with E-state index in [0.717, 1.165) is 10.7 Å². The molecule has 0 aliphatic rings. The molecule has 0 fully saturated rings. The van der Waals surface area contributed by atoms with Crippen molar-refractivity contribution in [1.29, 1.82) is 0 Å². The zero-order valence-corrected chi connectivity index (χ0v) is 10.8. The van der Waals surface area contributed by atoms with Crippen LogP contribution >= 0.6 is 0 Å². The monoisotopic (exact) mass is 238 g/mol. The molecule has 0 saturated carbocycles. The summed E-state index contributed by atoms with van der Waals surface area (Å²) in [6.45, 7) is 4.47. The van der Waals surface area contributed by atoms with Gasteiger partial charge < -0.3 is 5.11 Å². The summed E-state index contributed by atoms with van der Waals surface area (Å²) >= 11 is 0. The van der Waals surface area contributed by atoms with Crippen molar-refractivity contribution in [3.05, 3.63) is 0 Å². The van der Waals surface area contributed by atoms with E-state index in [1.807, 2.05) is 13.8 Å². The molecule has 0 radical (unpaired) electrons. The van der Waals surface area contributed by atoms with Gasteiger partial charge in [0.25, 0.3) is 10.2 Å². The second-order valence-corrected chi connectivity index (χ2v) is 6.57. The van der Waals surface area contributed by atoms with Crippen molar-refractivity contribution in [3.8, 4) is 0 Å². The van der Waals surface area contributed by atoms with Gasteiger partial charge in [-0.3, -0.25) is 0 Å². The molecule has 15 heavy (non-hydrogen) atoms. The maximum absolute atomic E-state index is 11.4. The summed E-state index contributed by atoms with van der Waals surface area (Å²) < 4.78 is 26.5. The average Bonchev–Trinajstić information content (AvgIpc) is 2.12. The molecule has 0 atom stereocenters. The smallest absolute Gasteiger partial charge is 0.278 e. The van der Waals surface area contributed by atoms with Gasteiger partial charge in [0.05, 0.1) is 0 Å². The van der Waals surface area contributed by atoms with Crippen molar-refractivity contribution in [2.24, 2.45) is 5.41 Å². The maximum atomic E-state index is 11.4. The molecule has 0 aliphatic carbocycles. The lowest BCUT2D eigenvalue weighted by Gasteiger charge is -2.25. The van der Waals surface area contributed by atoms with E-state index >= 15 is 0 Å². The summed E-state index contributed by atoms with van der Waals surface area (Å²) in [5.74, 6) is 0. The normalized spacial score (nSPS) is 13.5. The minimum absolute atomic E-state index is 0.133. The lowest BCUT2D eigenvalue weighted by atomic mass is 9.88. The zero-order valence-electron chi connectivity index (χ0n) is 9.95. The topological polar surface area (TPSA) is 69.6 Å². The predicted molar refractivity (Wildman–Crippen MR) is 60.7 cm³/mol. The van der Waals surface area contributed by atoms with E-state index in [9.17, 15) is 8.42 Å².